The summed E-state index contributed by atoms with van der Waals surface area (Å²) >= 11 is 0. The van der Waals surface area contributed by atoms with Crippen LogP contribution in [0.4, 0.5) is 4.39 Å². The zero-order valence-electron chi connectivity index (χ0n) is 18.2. The summed E-state index contributed by atoms with van der Waals surface area (Å²) in [5.74, 6) is -2.03. The number of ether oxygens (including phenoxy) is 1. The minimum Gasteiger partial charge on any atom is -0.503 e. The van der Waals surface area contributed by atoms with Crippen LogP contribution in [0.3, 0.4) is 0 Å². The first-order chi connectivity index (χ1) is 16.5. The number of aromatic nitrogens is 1. The van der Waals surface area contributed by atoms with Crippen LogP contribution in [0.15, 0.2) is 82.8 Å². The number of rotatable bonds is 7. The van der Waals surface area contributed by atoms with Crippen molar-refractivity contribution in [3.05, 3.63) is 101 Å². The van der Waals surface area contributed by atoms with Crippen LogP contribution >= 0.6 is 0 Å². The second-order valence-corrected chi connectivity index (χ2v) is 7.97. The lowest BCUT2D eigenvalue weighted by Crippen LogP contribution is -2.33. The number of fused-ring (bicyclic) bond motifs is 1. The number of hydrogen-bond acceptors (Lipinski definition) is 5. The third-order valence-corrected chi connectivity index (χ3v) is 6.09. The SMILES string of the molecule is COc1ccc2[nH]cc(CCN3C(=O)C(O)=C(C(=O)c4ccco4)[C@H]3c3ccccc3F)c2c1. The van der Waals surface area contributed by atoms with E-state index in [1.54, 1.807) is 13.2 Å². The number of amides is 1. The number of nitrogens with zero attached hydrogens (tertiary/aromatic N) is 1. The molecule has 1 aliphatic heterocycles. The molecule has 0 unspecified atom stereocenters. The van der Waals surface area contributed by atoms with E-state index in [1.165, 1.54) is 41.5 Å². The maximum atomic E-state index is 14.9. The van der Waals surface area contributed by atoms with E-state index in [1.807, 2.05) is 24.4 Å². The third-order valence-electron chi connectivity index (χ3n) is 6.09. The Balaban J connectivity index is 1.52. The Morgan fingerprint density at radius 3 is 2.76 bits per heavy atom. The zero-order chi connectivity index (χ0) is 23.8. The highest BCUT2D eigenvalue weighted by atomic mass is 19.1. The molecule has 1 aliphatic rings. The number of aliphatic hydroxyl groups excluding tert-OH is 1. The van der Waals surface area contributed by atoms with Crippen LogP contribution in [0.2, 0.25) is 0 Å². The van der Waals surface area contributed by atoms with Crippen molar-refractivity contribution in [1.82, 2.24) is 9.88 Å². The first-order valence-corrected chi connectivity index (χ1v) is 10.7. The number of hydrogen-bond donors (Lipinski definition) is 2. The van der Waals surface area contributed by atoms with Gasteiger partial charge in [0.15, 0.2) is 11.5 Å². The van der Waals surface area contributed by atoms with E-state index in [0.29, 0.717) is 12.2 Å². The third kappa shape index (κ3) is 3.53. The average molecular weight is 460 g/mol. The molecule has 1 atom stereocenters. The van der Waals surface area contributed by atoms with Crippen LogP contribution in [-0.4, -0.2) is 40.3 Å². The Morgan fingerprint density at radius 2 is 2.03 bits per heavy atom. The molecule has 0 saturated heterocycles. The van der Waals surface area contributed by atoms with Crippen molar-refractivity contribution in [3.8, 4) is 5.75 Å². The molecule has 172 valence electrons. The number of benzene rings is 2. The van der Waals surface area contributed by atoms with Crippen LogP contribution in [0.1, 0.15) is 27.7 Å². The molecule has 0 spiro atoms. The van der Waals surface area contributed by atoms with E-state index >= 15 is 0 Å². The van der Waals surface area contributed by atoms with Crippen molar-refractivity contribution < 1.29 is 28.2 Å². The highest BCUT2D eigenvalue weighted by molar-refractivity contribution is 6.15. The second kappa shape index (κ2) is 8.55. The summed E-state index contributed by atoms with van der Waals surface area (Å²) < 4.78 is 25.4. The number of aromatic amines is 1. The number of aliphatic hydroxyl groups is 1. The number of nitrogens with one attached hydrogen (secondary N) is 1. The molecule has 0 saturated carbocycles. The number of Topliss-reactive ketones (excluding diaryl/α,β-unsaturated/α-hetero) is 1. The summed E-state index contributed by atoms with van der Waals surface area (Å²) in [6.07, 6.45) is 3.56. The lowest BCUT2D eigenvalue weighted by molar-refractivity contribution is -0.129. The molecular weight excluding hydrogens is 439 g/mol. The van der Waals surface area contributed by atoms with Gasteiger partial charge in [0.25, 0.3) is 5.91 Å². The molecule has 0 bridgehead atoms. The summed E-state index contributed by atoms with van der Waals surface area (Å²) in [7, 11) is 1.58. The van der Waals surface area contributed by atoms with E-state index in [4.69, 9.17) is 9.15 Å². The van der Waals surface area contributed by atoms with Crippen LogP contribution in [0, 0.1) is 5.82 Å². The van der Waals surface area contributed by atoms with Crippen molar-refractivity contribution in [2.24, 2.45) is 0 Å². The molecule has 8 heteroatoms. The number of halogens is 1. The highest BCUT2D eigenvalue weighted by Crippen LogP contribution is 2.40. The molecule has 5 rings (SSSR count). The van der Waals surface area contributed by atoms with Gasteiger partial charge < -0.3 is 24.1 Å². The van der Waals surface area contributed by atoms with Gasteiger partial charge in [-0.2, -0.15) is 0 Å². The summed E-state index contributed by atoms with van der Waals surface area (Å²) in [6.45, 7) is 0.140. The van der Waals surface area contributed by atoms with Gasteiger partial charge in [0.2, 0.25) is 5.78 Å². The number of carbonyl (C=O) groups is 2. The van der Waals surface area contributed by atoms with Crippen LogP contribution in [-0.2, 0) is 11.2 Å². The van der Waals surface area contributed by atoms with Crippen LogP contribution < -0.4 is 4.74 Å². The van der Waals surface area contributed by atoms with Crippen molar-refractivity contribution in [3.63, 3.8) is 0 Å². The first-order valence-electron chi connectivity index (χ1n) is 10.7. The minimum atomic E-state index is -1.09. The van der Waals surface area contributed by atoms with Gasteiger partial charge in [-0.05, 0) is 48.4 Å². The Morgan fingerprint density at radius 1 is 1.21 bits per heavy atom. The molecule has 2 N–H and O–H groups in total. The molecule has 0 aliphatic carbocycles. The molecule has 4 aromatic rings. The molecule has 2 aromatic heterocycles. The van der Waals surface area contributed by atoms with Gasteiger partial charge >= 0.3 is 0 Å². The Hall–Kier alpha value is -4.33. The number of carbonyl (C=O) groups excluding carboxylic acids is 2. The van der Waals surface area contributed by atoms with E-state index in [2.05, 4.69) is 4.98 Å². The van der Waals surface area contributed by atoms with Gasteiger partial charge in [-0.3, -0.25) is 9.59 Å². The number of furan rings is 1. The van der Waals surface area contributed by atoms with Gasteiger partial charge in [-0.1, -0.05) is 18.2 Å². The topological polar surface area (TPSA) is 95.8 Å². The first kappa shape index (κ1) is 21.5. The van der Waals surface area contributed by atoms with Gasteiger partial charge in [0.05, 0.1) is 25.0 Å². The minimum absolute atomic E-state index is 0.0405. The fourth-order valence-corrected chi connectivity index (χ4v) is 4.41. The van der Waals surface area contributed by atoms with Crippen molar-refractivity contribution in [2.45, 2.75) is 12.5 Å². The Kier molecular flexibility index (Phi) is 5.41. The predicted octanol–water partition coefficient (Wildman–Crippen LogP) is 4.73. The number of methoxy groups -OCH3 is 1. The highest BCUT2D eigenvalue weighted by Gasteiger charge is 2.45. The lowest BCUT2D eigenvalue weighted by atomic mass is 9.94. The summed E-state index contributed by atoms with van der Waals surface area (Å²) in [6, 6.07) is 13.4. The fraction of sp³-hybridized carbons (Fsp3) is 0.154. The van der Waals surface area contributed by atoms with Gasteiger partial charge in [0.1, 0.15) is 11.6 Å². The molecule has 2 aromatic carbocycles. The average Bonchev–Trinajstić information content (AvgIpc) is 3.57. The normalized spacial score (nSPS) is 16.0. The Bertz CT molecular complexity index is 1420. The van der Waals surface area contributed by atoms with Gasteiger partial charge in [-0.15, -0.1) is 0 Å². The largest absolute Gasteiger partial charge is 0.503 e. The van der Waals surface area contributed by atoms with E-state index in [0.717, 1.165) is 16.5 Å². The molecule has 0 fully saturated rings. The van der Waals surface area contributed by atoms with Crippen LogP contribution in [0.5, 0.6) is 5.75 Å². The van der Waals surface area contributed by atoms with Crippen molar-refractivity contribution in [2.75, 3.05) is 13.7 Å². The van der Waals surface area contributed by atoms with E-state index in [-0.39, 0.29) is 23.4 Å². The molecule has 0 radical (unpaired) electrons. The predicted molar refractivity (Wildman–Crippen MR) is 122 cm³/mol. The molecule has 3 heterocycles. The molecular formula is C26H21FN2O5. The summed E-state index contributed by atoms with van der Waals surface area (Å²) in [5, 5.41) is 11.6. The maximum absolute atomic E-state index is 14.9. The van der Waals surface area contributed by atoms with Crippen LogP contribution in [0.25, 0.3) is 10.9 Å². The lowest BCUT2D eigenvalue weighted by Gasteiger charge is -2.27. The molecule has 1 amide bonds. The van der Waals surface area contributed by atoms with Crippen molar-refractivity contribution >= 4 is 22.6 Å². The second-order valence-electron chi connectivity index (χ2n) is 7.97. The molecule has 7 nitrogen and oxygen atoms in total. The van der Waals surface area contributed by atoms with Gasteiger partial charge in [0, 0.05) is 29.2 Å². The van der Waals surface area contributed by atoms with Gasteiger partial charge in [-0.25, -0.2) is 4.39 Å². The zero-order valence-corrected chi connectivity index (χ0v) is 18.2. The van der Waals surface area contributed by atoms with E-state index in [9.17, 15) is 19.1 Å². The standard InChI is InChI=1S/C26H21FN2O5/c1-33-16-8-9-20-18(13-16)15(14-28-20)10-11-29-23(17-5-2-3-6-19(17)27)22(25(31)26(29)32)24(30)21-7-4-12-34-21/h2-9,12-14,23,28,31H,10-11H2,1H3/t23-/m1/s1. The fourth-order valence-electron chi connectivity index (χ4n) is 4.41. The smallest absolute Gasteiger partial charge is 0.290 e. The maximum Gasteiger partial charge on any atom is 0.290 e. The summed E-state index contributed by atoms with van der Waals surface area (Å²) in [4.78, 5) is 30.8. The quantitative estimate of drug-likeness (QED) is 0.389. The monoisotopic (exact) mass is 460 g/mol. The van der Waals surface area contributed by atoms with Crippen molar-refractivity contribution in [1.29, 1.82) is 0 Å². The number of ketones is 1. The number of H-pyrrole nitrogens is 1. The molecule has 34 heavy (non-hydrogen) atoms. The van der Waals surface area contributed by atoms with E-state index < -0.39 is 29.3 Å². The summed E-state index contributed by atoms with van der Waals surface area (Å²) in [5.41, 5.74) is 1.74. The Labute approximate surface area is 194 Å².